The van der Waals surface area contributed by atoms with E-state index in [4.69, 9.17) is 5.73 Å². The second-order valence-corrected chi connectivity index (χ2v) is 3.37. The first-order valence-corrected chi connectivity index (χ1v) is 4.48. The number of hydrogen-bond donors (Lipinski definition) is 2. The van der Waals surface area contributed by atoms with Crippen molar-refractivity contribution in [2.24, 2.45) is 0 Å². The largest absolute Gasteiger partial charge is 0.398 e. The van der Waals surface area contributed by atoms with Gasteiger partial charge in [0.15, 0.2) is 0 Å². The quantitative estimate of drug-likeness (QED) is 0.587. The number of amides is 1. The van der Waals surface area contributed by atoms with E-state index in [0.29, 0.717) is 6.54 Å². The van der Waals surface area contributed by atoms with Crippen molar-refractivity contribution < 1.29 is 9.18 Å². The lowest BCUT2D eigenvalue weighted by Crippen LogP contribution is -2.25. The Morgan fingerprint density at radius 2 is 2.27 bits per heavy atom. The van der Waals surface area contributed by atoms with Crippen molar-refractivity contribution in [3.05, 3.63) is 41.7 Å². The Kier molecular flexibility index (Phi) is 3.44. The van der Waals surface area contributed by atoms with Crippen LogP contribution in [0.4, 0.5) is 10.1 Å². The van der Waals surface area contributed by atoms with E-state index in [1.54, 1.807) is 6.92 Å². The number of halogens is 1. The van der Waals surface area contributed by atoms with Crippen molar-refractivity contribution >= 4 is 11.6 Å². The number of nitrogens with two attached hydrogens (primary N) is 1. The monoisotopic (exact) mass is 208 g/mol. The molecular weight excluding hydrogens is 195 g/mol. The molecule has 0 radical (unpaired) electrons. The van der Waals surface area contributed by atoms with Crippen molar-refractivity contribution in [2.45, 2.75) is 6.92 Å². The average molecular weight is 208 g/mol. The Balaban J connectivity index is 2.81. The van der Waals surface area contributed by atoms with Gasteiger partial charge in [0.25, 0.3) is 5.91 Å². The Morgan fingerprint density at radius 1 is 1.60 bits per heavy atom. The third-order valence-corrected chi connectivity index (χ3v) is 1.81. The van der Waals surface area contributed by atoms with Crippen LogP contribution in [0, 0.1) is 5.82 Å². The molecule has 0 spiro atoms. The Hall–Kier alpha value is -1.84. The molecule has 4 heteroatoms. The molecule has 0 unspecified atom stereocenters. The summed E-state index contributed by atoms with van der Waals surface area (Å²) in [7, 11) is 0. The Morgan fingerprint density at radius 3 is 2.87 bits per heavy atom. The van der Waals surface area contributed by atoms with Gasteiger partial charge < -0.3 is 11.1 Å². The van der Waals surface area contributed by atoms with Crippen molar-refractivity contribution in [2.75, 3.05) is 12.3 Å². The second kappa shape index (κ2) is 4.59. The van der Waals surface area contributed by atoms with E-state index in [9.17, 15) is 9.18 Å². The summed E-state index contributed by atoms with van der Waals surface area (Å²) in [6.45, 7) is 5.78. The second-order valence-electron chi connectivity index (χ2n) is 3.37. The molecule has 80 valence electrons. The van der Waals surface area contributed by atoms with Gasteiger partial charge in [-0.1, -0.05) is 12.2 Å². The van der Waals surface area contributed by atoms with Gasteiger partial charge in [-0.15, -0.1) is 0 Å². The van der Waals surface area contributed by atoms with Crippen LogP contribution in [0.15, 0.2) is 30.4 Å². The number of hydrogen-bond acceptors (Lipinski definition) is 2. The van der Waals surface area contributed by atoms with Gasteiger partial charge in [-0.25, -0.2) is 4.39 Å². The third kappa shape index (κ3) is 3.09. The highest BCUT2D eigenvalue weighted by molar-refractivity contribution is 5.99. The molecule has 0 atom stereocenters. The maximum absolute atomic E-state index is 12.9. The van der Waals surface area contributed by atoms with Crippen LogP contribution in [0.25, 0.3) is 0 Å². The van der Waals surface area contributed by atoms with Gasteiger partial charge in [-0.3, -0.25) is 4.79 Å². The van der Waals surface area contributed by atoms with Crippen molar-refractivity contribution in [3.63, 3.8) is 0 Å². The molecule has 0 heterocycles. The molecule has 15 heavy (non-hydrogen) atoms. The van der Waals surface area contributed by atoms with Gasteiger partial charge >= 0.3 is 0 Å². The number of carbonyl (C=O) groups excluding carboxylic acids is 1. The minimum absolute atomic E-state index is 0.149. The molecule has 1 rings (SSSR count). The molecule has 3 N–H and O–H groups in total. The predicted molar refractivity (Wildman–Crippen MR) is 58.0 cm³/mol. The molecule has 0 saturated heterocycles. The first kappa shape index (κ1) is 11.2. The fourth-order valence-corrected chi connectivity index (χ4v) is 1.05. The summed E-state index contributed by atoms with van der Waals surface area (Å²) in [5.41, 5.74) is 6.77. The number of carbonyl (C=O) groups is 1. The highest BCUT2D eigenvalue weighted by Gasteiger charge is 2.09. The van der Waals surface area contributed by atoms with Crippen LogP contribution in [0.1, 0.15) is 17.3 Å². The summed E-state index contributed by atoms with van der Waals surface area (Å²) >= 11 is 0. The number of nitrogen functional groups attached to an aromatic ring is 1. The van der Waals surface area contributed by atoms with E-state index in [1.165, 1.54) is 12.1 Å². The molecule has 0 bridgehead atoms. The molecule has 3 nitrogen and oxygen atoms in total. The maximum atomic E-state index is 12.9. The number of nitrogens with one attached hydrogen (secondary N) is 1. The first-order valence-electron chi connectivity index (χ1n) is 4.48. The lowest BCUT2D eigenvalue weighted by molar-refractivity contribution is 0.0957. The summed E-state index contributed by atoms with van der Waals surface area (Å²) < 4.78 is 12.9. The fraction of sp³-hybridized carbons (Fsp3) is 0.182. The van der Waals surface area contributed by atoms with E-state index < -0.39 is 11.7 Å². The number of rotatable bonds is 3. The molecule has 0 fully saturated rings. The van der Waals surface area contributed by atoms with Crippen LogP contribution < -0.4 is 11.1 Å². The fourth-order valence-electron chi connectivity index (χ4n) is 1.05. The van der Waals surface area contributed by atoms with Gasteiger partial charge in [0, 0.05) is 12.2 Å². The molecule has 0 aromatic heterocycles. The van der Waals surface area contributed by atoms with E-state index in [1.807, 2.05) is 0 Å². The molecule has 0 saturated carbocycles. The lowest BCUT2D eigenvalue weighted by Gasteiger charge is -2.07. The molecular formula is C11H13FN2O. The highest BCUT2D eigenvalue weighted by atomic mass is 19.1. The molecule has 0 aliphatic heterocycles. The third-order valence-electron chi connectivity index (χ3n) is 1.81. The van der Waals surface area contributed by atoms with Gasteiger partial charge in [0.2, 0.25) is 0 Å². The zero-order valence-corrected chi connectivity index (χ0v) is 8.51. The minimum atomic E-state index is -0.482. The molecule has 1 amide bonds. The predicted octanol–water partition coefficient (Wildman–Crippen LogP) is 1.71. The standard InChI is InChI=1S/C11H13FN2O/c1-7(2)6-14-11(15)9-5-8(12)3-4-10(9)13/h3-5H,1,6,13H2,2H3,(H,14,15). The topological polar surface area (TPSA) is 55.1 Å². The van der Waals surface area contributed by atoms with Gasteiger partial charge in [-0.05, 0) is 25.1 Å². The average Bonchev–Trinajstić information content (AvgIpc) is 2.18. The summed E-state index contributed by atoms with van der Waals surface area (Å²) in [6, 6.07) is 3.69. The molecule has 0 aliphatic rings. The summed E-state index contributed by atoms with van der Waals surface area (Å²) in [5, 5.41) is 2.58. The molecule has 1 aromatic rings. The van der Waals surface area contributed by atoms with Crippen LogP contribution in [-0.2, 0) is 0 Å². The zero-order chi connectivity index (χ0) is 11.4. The van der Waals surface area contributed by atoms with Crippen LogP contribution in [0.5, 0.6) is 0 Å². The zero-order valence-electron chi connectivity index (χ0n) is 8.51. The normalized spacial score (nSPS) is 9.73. The van der Waals surface area contributed by atoms with E-state index >= 15 is 0 Å². The van der Waals surface area contributed by atoms with E-state index in [-0.39, 0.29) is 11.3 Å². The number of anilines is 1. The molecule has 0 aliphatic carbocycles. The Bertz CT molecular complexity index is 402. The van der Waals surface area contributed by atoms with E-state index in [2.05, 4.69) is 11.9 Å². The van der Waals surface area contributed by atoms with Crippen LogP contribution in [0.3, 0.4) is 0 Å². The van der Waals surface area contributed by atoms with Crippen molar-refractivity contribution in [1.29, 1.82) is 0 Å². The summed E-state index contributed by atoms with van der Waals surface area (Å²) in [6.07, 6.45) is 0. The Labute approximate surface area is 87.8 Å². The number of benzene rings is 1. The minimum Gasteiger partial charge on any atom is -0.398 e. The van der Waals surface area contributed by atoms with Crippen LogP contribution in [0.2, 0.25) is 0 Å². The molecule has 1 aromatic carbocycles. The van der Waals surface area contributed by atoms with Gasteiger partial charge in [0.05, 0.1) is 5.56 Å². The summed E-state index contributed by atoms with van der Waals surface area (Å²) in [4.78, 5) is 11.5. The van der Waals surface area contributed by atoms with Gasteiger partial charge in [0.1, 0.15) is 5.82 Å². The highest BCUT2D eigenvalue weighted by Crippen LogP contribution is 2.12. The smallest absolute Gasteiger partial charge is 0.253 e. The van der Waals surface area contributed by atoms with Crippen molar-refractivity contribution in [3.8, 4) is 0 Å². The van der Waals surface area contributed by atoms with Crippen LogP contribution >= 0.6 is 0 Å². The maximum Gasteiger partial charge on any atom is 0.253 e. The van der Waals surface area contributed by atoms with Crippen molar-refractivity contribution in [1.82, 2.24) is 5.32 Å². The van der Waals surface area contributed by atoms with Crippen LogP contribution in [-0.4, -0.2) is 12.5 Å². The lowest BCUT2D eigenvalue weighted by atomic mass is 10.1. The first-order chi connectivity index (χ1) is 7.00. The SMILES string of the molecule is C=C(C)CNC(=O)c1cc(F)ccc1N. The summed E-state index contributed by atoms with van der Waals surface area (Å²) in [5.74, 6) is -0.875. The van der Waals surface area contributed by atoms with E-state index in [0.717, 1.165) is 11.6 Å². The van der Waals surface area contributed by atoms with Gasteiger partial charge in [-0.2, -0.15) is 0 Å².